The lowest BCUT2D eigenvalue weighted by Gasteiger charge is -2.12. The van der Waals surface area contributed by atoms with Crippen LogP contribution in [0.15, 0.2) is 40.3 Å². The monoisotopic (exact) mass is 349 g/mol. The van der Waals surface area contributed by atoms with Crippen molar-refractivity contribution in [1.29, 1.82) is 0 Å². The van der Waals surface area contributed by atoms with Crippen molar-refractivity contribution in [3.8, 4) is 5.75 Å². The molecule has 126 valence electrons. The highest BCUT2D eigenvalue weighted by Gasteiger charge is 2.25. The summed E-state index contributed by atoms with van der Waals surface area (Å²) in [6, 6.07) is 6.42. The summed E-state index contributed by atoms with van der Waals surface area (Å²) in [5.41, 5.74) is 0.295. The molecule has 0 aliphatic heterocycles. The zero-order valence-electron chi connectivity index (χ0n) is 12.8. The van der Waals surface area contributed by atoms with Gasteiger partial charge in [0.2, 0.25) is 9.84 Å². The minimum absolute atomic E-state index is 0.00943. The zero-order chi connectivity index (χ0) is 17.9. The Balaban J connectivity index is 2.67. The fourth-order valence-electron chi connectivity index (χ4n) is 2.24. The first-order valence-electron chi connectivity index (χ1n) is 7.03. The Morgan fingerprint density at radius 2 is 1.96 bits per heavy atom. The van der Waals surface area contributed by atoms with Crippen molar-refractivity contribution in [3.63, 3.8) is 0 Å². The highest BCUT2D eigenvalue weighted by atomic mass is 32.2. The molecule has 2 N–H and O–H groups in total. The molecule has 0 saturated heterocycles. The Labute approximate surface area is 138 Å². The van der Waals surface area contributed by atoms with Crippen LogP contribution in [0.2, 0.25) is 0 Å². The number of hydrogen-bond acceptors (Lipinski definition) is 6. The Bertz CT molecular complexity index is 905. The molecule has 0 fully saturated rings. The predicted molar refractivity (Wildman–Crippen MR) is 83.9 cm³/mol. The van der Waals surface area contributed by atoms with Crippen molar-refractivity contribution < 1.29 is 28.2 Å². The third kappa shape index (κ3) is 3.43. The molecule has 1 aromatic carbocycles. The SMILES string of the molecule is CCc1cc(O)c(CC(=O)O)cc1S(=O)(=O)c1cccc(C=O)n1. The topological polar surface area (TPSA) is 122 Å². The molecular weight excluding hydrogens is 334 g/mol. The second-order valence-electron chi connectivity index (χ2n) is 5.03. The van der Waals surface area contributed by atoms with E-state index in [2.05, 4.69) is 4.98 Å². The molecule has 0 atom stereocenters. The lowest BCUT2D eigenvalue weighted by molar-refractivity contribution is -0.136. The van der Waals surface area contributed by atoms with Crippen molar-refractivity contribution in [2.24, 2.45) is 0 Å². The van der Waals surface area contributed by atoms with E-state index < -0.39 is 22.2 Å². The van der Waals surface area contributed by atoms with Crippen LogP contribution in [-0.4, -0.2) is 35.9 Å². The normalized spacial score (nSPS) is 11.2. The molecule has 0 spiro atoms. The van der Waals surface area contributed by atoms with E-state index >= 15 is 0 Å². The molecular formula is C16H15NO6S. The van der Waals surface area contributed by atoms with E-state index in [0.29, 0.717) is 18.3 Å². The van der Waals surface area contributed by atoms with Crippen molar-refractivity contribution >= 4 is 22.1 Å². The molecule has 7 nitrogen and oxygen atoms in total. The van der Waals surface area contributed by atoms with Crippen LogP contribution in [0, 0.1) is 0 Å². The number of aromatic hydroxyl groups is 1. The highest BCUT2D eigenvalue weighted by molar-refractivity contribution is 7.91. The highest BCUT2D eigenvalue weighted by Crippen LogP contribution is 2.30. The minimum atomic E-state index is -4.06. The van der Waals surface area contributed by atoms with Gasteiger partial charge in [-0.05, 0) is 36.2 Å². The minimum Gasteiger partial charge on any atom is -0.508 e. The molecule has 0 aliphatic carbocycles. The quantitative estimate of drug-likeness (QED) is 0.760. The number of carboxylic acid groups (broad SMARTS) is 1. The summed E-state index contributed by atoms with van der Waals surface area (Å²) in [5, 5.41) is 18.5. The average Bonchev–Trinajstić information content (AvgIpc) is 2.55. The number of aryl methyl sites for hydroxylation is 1. The van der Waals surface area contributed by atoms with E-state index in [1.807, 2.05) is 0 Å². The summed E-state index contributed by atoms with van der Waals surface area (Å²) < 4.78 is 25.6. The molecule has 0 bridgehead atoms. The molecule has 1 heterocycles. The average molecular weight is 349 g/mol. The first-order valence-corrected chi connectivity index (χ1v) is 8.51. The molecule has 0 radical (unpaired) electrons. The number of sulfone groups is 1. The maximum absolute atomic E-state index is 12.8. The molecule has 24 heavy (non-hydrogen) atoms. The van der Waals surface area contributed by atoms with Crippen molar-refractivity contribution in [3.05, 3.63) is 47.2 Å². The summed E-state index contributed by atoms with van der Waals surface area (Å²) in [7, 11) is -4.06. The summed E-state index contributed by atoms with van der Waals surface area (Å²) >= 11 is 0. The molecule has 1 aromatic heterocycles. The number of benzene rings is 1. The molecule has 0 saturated carbocycles. The number of carbonyl (C=O) groups is 2. The Morgan fingerprint density at radius 3 is 2.54 bits per heavy atom. The summed E-state index contributed by atoms with van der Waals surface area (Å²) in [4.78, 5) is 25.4. The number of carbonyl (C=O) groups excluding carboxylic acids is 1. The lowest BCUT2D eigenvalue weighted by Crippen LogP contribution is -2.10. The van der Waals surface area contributed by atoms with E-state index in [1.54, 1.807) is 6.92 Å². The first kappa shape index (κ1) is 17.6. The number of phenolic OH excluding ortho intramolecular Hbond substituents is 1. The number of rotatable bonds is 6. The van der Waals surface area contributed by atoms with Crippen LogP contribution in [0.25, 0.3) is 0 Å². The van der Waals surface area contributed by atoms with Crippen molar-refractivity contribution in [2.45, 2.75) is 29.7 Å². The summed E-state index contributed by atoms with van der Waals surface area (Å²) in [5.74, 6) is -1.47. The maximum Gasteiger partial charge on any atom is 0.307 e. The second-order valence-corrected chi connectivity index (χ2v) is 6.90. The number of aliphatic carboxylic acids is 1. The number of pyridine rings is 1. The molecule has 8 heteroatoms. The van der Waals surface area contributed by atoms with Crippen LogP contribution >= 0.6 is 0 Å². The Hall–Kier alpha value is -2.74. The first-order chi connectivity index (χ1) is 11.3. The van der Waals surface area contributed by atoms with Crippen LogP contribution in [0.1, 0.15) is 28.5 Å². The van der Waals surface area contributed by atoms with Crippen LogP contribution in [0.3, 0.4) is 0 Å². The van der Waals surface area contributed by atoms with Crippen LogP contribution in [-0.2, 0) is 27.5 Å². The number of carboxylic acids is 1. The summed E-state index contributed by atoms with van der Waals surface area (Å²) in [6.07, 6.45) is 0.232. The smallest absolute Gasteiger partial charge is 0.307 e. The molecule has 2 rings (SSSR count). The van der Waals surface area contributed by atoms with Gasteiger partial charge in [-0.3, -0.25) is 9.59 Å². The Kier molecular flexibility index (Phi) is 4.99. The van der Waals surface area contributed by atoms with Gasteiger partial charge in [0.1, 0.15) is 11.4 Å². The molecule has 0 amide bonds. The fourth-order valence-corrected chi connectivity index (χ4v) is 3.80. The van der Waals surface area contributed by atoms with Crippen LogP contribution in [0.5, 0.6) is 5.75 Å². The van der Waals surface area contributed by atoms with E-state index in [-0.39, 0.29) is 26.9 Å². The number of nitrogens with zero attached hydrogens (tertiary/aromatic N) is 1. The van der Waals surface area contributed by atoms with Gasteiger partial charge in [-0.25, -0.2) is 13.4 Å². The van der Waals surface area contributed by atoms with Gasteiger partial charge in [0.05, 0.1) is 11.3 Å². The van der Waals surface area contributed by atoms with Gasteiger partial charge in [0, 0.05) is 5.56 Å². The van der Waals surface area contributed by atoms with Gasteiger partial charge in [0.15, 0.2) is 11.3 Å². The van der Waals surface area contributed by atoms with Gasteiger partial charge in [-0.2, -0.15) is 0 Å². The van der Waals surface area contributed by atoms with Gasteiger partial charge >= 0.3 is 5.97 Å². The van der Waals surface area contributed by atoms with Gasteiger partial charge in [-0.1, -0.05) is 13.0 Å². The van der Waals surface area contributed by atoms with E-state index in [9.17, 15) is 23.1 Å². The van der Waals surface area contributed by atoms with Crippen LogP contribution < -0.4 is 0 Å². The van der Waals surface area contributed by atoms with Gasteiger partial charge in [0.25, 0.3) is 0 Å². The van der Waals surface area contributed by atoms with Crippen molar-refractivity contribution in [1.82, 2.24) is 4.98 Å². The third-order valence-corrected chi connectivity index (χ3v) is 5.15. The van der Waals surface area contributed by atoms with Gasteiger partial charge in [-0.15, -0.1) is 0 Å². The molecule has 0 aliphatic rings. The van der Waals surface area contributed by atoms with E-state index in [1.165, 1.54) is 24.3 Å². The number of phenols is 1. The van der Waals surface area contributed by atoms with E-state index in [0.717, 1.165) is 6.07 Å². The number of aldehydes is 1. The second kappa shape index (κ2) is 6.79. The maximum atomic E-state index is 12.8. The van der Waals surface area contributed by atoms with E-state index in [4.69, 9.17) is 5.11 Å². The zero-order valence-corrected chi connectivity index (χ0v) is 13.6. The number of hydrogen-bond donors (Lipinski definition) is 2. The number of aromatic nitrogens is 1. The third-order valence-electron chi connectivity index (χ3n) is 3.42. The molecule has 2 aromatic rings. The van der Waals surface area contributed by atoms with Crippen molar-refractivity contribution in [2.75, 3.05) is 0 Å². The lowest BCUT2D eigenvalue weighted by atomic mass is 10.1. The van der Waals surface area contributed by atoms with Gasteiger partial charge < -0.3 is 10.2 Å². The Morgan fingerprint density at radius 1 is 1.25 bits per heavy atom. The summed E-state index contributed by atoms with van der Waals surface area (Å²) in [6.45, 7) is 1.71. The largest absolute Gasteiger partial charge is 0.508 e. The predicted octanol–water partition coefficient (Wildman–Crippen LogP) is 1.62. The molecule has 0 unspecified atom stereocenters. The van der Waals surface area contributed by atoms with Crippen LogP contribution in [0.4, 0.5) is 0 Å². The standard InChI is InChI=1S/C16H15NO6S/c1-2-10-6-13(19)11(8-16(20)21)7-14(10)24(22,23)15-5-3-4-12(9-18)17-15/h3-7,9,19H,2,8H2,1H3,(H,20,21). The fraction of sp³-hybridized carbons (Fsp3) is 0.188.